The first kappa shape index (κ1) is 26.2. The lowest BCUT2D eigenvalue weighted by molar-refractivity contribution is 0.104. The first-order chi connectivity index (χ1) is 20.8. The topological polar surface area (TPSA) is 67.9 Å². The lowest BCUT2D eigenvalue weighted by atomic mass is 9.71. The van der Waals surface area contributed by atoms with Crippen LogP contribution in [0.5, 0.6) is 0 Å². The largest absolute Gasteiger partial charge is 0.310 e. The third-order valence-corrected chi connectivity index (χ3v) is 8.71. The monoisotopic (exact) mass is 553 g/mol. The maximum atomic E-state index is 13.6. The van der Waals surface area contributed by atoms with Crippen molar-refractivity contribution in [3.63, 3.8) is 0 Å². The van der Waals surface area contributed by atoms with Crippen LogP contribution in [0.4, 0.5) is 17.1 Å². The number of para-hydroxylation sites is 2. The minimum atomic E-state index is -0.262. The summed E-state index contributed by atoms with van der Waals surface area (Å²) < 4.78 is 0. The summed E-state index contributed by atoms with van der Waals surface area (Å²) in [6.07, 6.45) is 1.82. The number of nitriles is 2. The fourth-order valence-electron chi connectivity index (χ4n) is 6.76. The fourth-order valence-corrected chi connectivity index (χ4v) is 6.76. The molecule has 0 atom stereocenters. The molecule has 0 spiro atoms. The number of carbonyl (C=O) groups excluding carboxylic acids is 1. The zero-order valence-electron chi connectivity index (χ0n) is 24.1. The van der Waals surface area contributed by atoms with E-state index in [0.29, 0.717) is 22.3 Å². The van der Waals surface area contributed by atoms with E-state index in [4.69, 9.17) is 0 Å². The highest BCUT2D eigenvalue weighted by molar-refractivity contribution is 6.30. The summed E-state index contributed by atoms with van der Waals surface area (Å²) in [6.45, 7) is 6.49. The number of hydrogen-bond acceptors (Lipinski definition) is 4. The number of carbonyl (C=O) groups is 1. The standard InChI is InChI=1S/C39H27N3O/c1-24-13-16-30-31(19-24)38(43)32(36(30)27(22-40)23-41)21-25-14-17-29-26(20-25)15-18-35-37(29)39(2,3)33-11-7-8-12-34(33)42(35)28-9-5-4-6-10-28/h4-21H,1-3H3/b32-21-. The molecule has 1 aliphatic heterocycles. The molecule has 43 heavy (non-hydrogen) atoms. The van der Waals surface area contributed by atoms with Crippen LogP contribution in [0.15, 0.2) is 114 Å². The van der Waals surface area contributed by atoms with Crippen LogP contribution >= 0.6 is 0 Å². The molecule has 204 valence electrons. The van der Waals surface area contributed by atoms with E-state index in [1.807, 2.05) is 55.5 Å². The number of benzene rings is 5. The van der Waals surface area contributed by atoms with Crippen LogP contribution in [-0.4, -0.2) is 5.78 Å². The van der Waals surface area contributed by atoms with Gasteiger partial charge in [-0.3, -0.25) is 4.79 Å². The molecule has 1 aliphatic carbocycles. The molecular weight excluding hydrogens is 526 g/mol. The molecule has 0 amide bonds. The second-order valence-corrected chi connectivity index (χ2v) is 11.7. The van der Waals surface area contributed by atoms with Crippen LogP contribution < -0.4 is 4.90 Å². The number of nitrogens with zero attached hydrogens (tertiary/aromatic N) is 3. The third-order valence-electron chi connectivity index (χ3n) is 8.71. The summed E-state index contributed by atoms with van der Waals surface area (Å²) in [7, 11) is 0. The first-order valence-electron chi connectivity index (χ1n) is 14.3. The maximum absolute atomic E-state index is 13.6. The van der Waals surface area contributed by atoms with E-state index in [1.54, 1.807) is 0 Å². The van der Waals surface area contributed by atoms with Gasteiger partial charge in [0.05, 0.1) is 11.4 Å². The number of fused-ring (bicyclic) bond motifs is 5. The van der Waals surface area contributed by atoms with Gasteiger partial charge < -0.3 is 4.90 Å². The molecule has 0 N–H and O–H groups in total. The first-order valence-corrected chi connectivity index (χ1v) is 14.3. The van der Waals surface area contributed by atoms with Crippen molar-refractivity contribution < 1.29 is 4.79 Å². The smallest absolute Gasteiger partial charge is 0.194 e. The van der Waals surface area contributed by atoms with Gasteiger partial charge >= 0.3 is 0 Å². The molecule has 5 aromatic rings. The van der Waals surface area contributed by atoms with Crippen molar-refractivity contribution in [1.82, 2.24) is 0 Å². The molecule has 0 unspecified atom stereocenters. The van der Waals surface area contributed by atoms with Crippen molar-refractivity contribution in [2.45, 2.75) is 26.2 Å². The molecule has 2 aliphatic rings. The van der Waals surface area contributed by atoms with Gasteiger partial charge in [-0.25, -0.2) is 0 Å². The zero-order chi connectivity index (χ0) is 29.9. The second-order valence-electron chi connectivity index (χ2n) is 11.7. The summed E-state index contributed by atoms with van der Waals surface area (Å²) >= 11 is 0. The van der Waals surface area contributed by atoms with Crippen molar-refractivity contribution >= 4 is 45.3 Å². The molecule has 0 saturated carbocycles. The summed E-state index contributed by atoms with van der Waals surface area (Å²) in [5, 5.41) is 21.7. The molecular formula is C39H27N3O. The van der Waals surface area contributed by atoms with Crippen LogP contribution in [-0.2, 0) is 5.41 Å². The quantitative estimate of drug-likeness (QED) is 0.161. The van der Waals surface area contributed by atoms with Crippen molar-refractivity contribution in [2.24, 2.45) is 0 Å². The van der Waals surface area contributed by atoms with Gasteiger partial charge in [0.2, 0.25) is 0 Å². The summed E-state index contributed by atoms with van der Waals surface area (Å²) in [5.74, 6) is -0.168. The Morgan fingerprint density at radius 3 is 2.30 bits per heavy atom. The summed E-state index contributed by atoms with van der Waals surface area (Å²) in [6, 6.07) is 39.2. The second kappa shape index (κ2) is 9.69. The van der Waals surface area contributed by atoms with Gasteiger partial charge in [-0.2, -0.15) is 10.5 Å². The molecule has 1 heterocycles. The van der Waals surface area contributed by atoms with Crippen LogP contribution in [0.2, 0.25) is 0 Å². The SMILES string of the molecule is Cc1ccc2c(c1)C(=O)/C(=C\c1ccc3c4c(ccc3c1)N(c1ccccc1)c1ccccc1C4(C)C)C2=C(C#N)C#N. The van der Waals surface area contributed by atoms with E-state index in [1.165, 1.54) is 16.8 Å². The van der Waals surface area contributed by atoms with Crippen LogP contribution in [0.1, 0.15) is 52.0 Å². The van der Waals surface area contributed by atoms with Gasteiger partial charge in [0.15, 0.2) is 5.78 Å². The molecule has 0 aromatic heterocycles. The zero-order valence-corrected chi connectivity index (χ0v) is 24.1. The number of rotatable bonds is 2. The number of hydrogen-bond donors (Lipinski definition) is 0. The van der Waals surface area contributed by atoms with Gasteiger partial charge in [-0.05, 0) is 82.4 Å². The van der Waals surface area contributed by atoms with E-state index < -0.39 is 0 Å². The van der Waals surface area contributed by atoms with E-state index in [-0.39, 0.29) is 16.8 Å². The van der Waals surface area contributed by atoms with Gasteiger partial charge in [-0.1, -0.05) is 86.1 Å². The van der Waals surface area contributed by atoms with Crippen molar-refractivity contribution in [3.8, 4) is 12.1 Å². The van der Waals surface area contributed by atoms with Crippen LogP contribution in [0.25, 0.3) is 22.4 Å². The molecule has 7 rings (SSSR count). The third kappa shape index (κ3) is 3.92. The molecule has 5 aromatic carbocycles. The van der Waals surface area contributed by atoms with E-state index >= 15 is 0 Å². The average molecular weight is 554 g/mol. The fraction of sp³-hybridized carbons (Fsp3) is 0.103. The van der Waals surface area contributed by atoms with Gasteiger partial charge in [0, 0.05) is 27.8 Å². The van der Waals surface area contributed by atoms with Gasteiger partial charge in [0.25, 0.3) is 0 Å². The predicted octanol–water partition coefficient (Wildman–Crippen LogP) is 9.34. The number of allylic oxidation sites excluding steroid dienone is 3. The lowest BCUT2D eigenvalue weighted by Crippen LogP contribution is -2.30. The molecule has 0 radical (unpaired) electrons. The number of ketones is 1. The highest BCUT2D eigenvalue weighted by Gasteiger charge is 2.38. The molecule has 0 saturated heterocycles. The van der Waals surface area contributed by atoms with Crippen LogP contribution in [0.3, 0.4) is 0 Å². The maximum Gasteiger partial charge on any atom is 0.194 e. The predicted molar refractivity (Wildman–Crippen MR) is 172 cm³/mol. The molecule has 4 nitrogen and oxygen atoms in total. The van der Waals surface area contributed by atoms with Crippen LogP contribution in [0, 0.1) is 29.6 Å². The molecule has 0 fully saturated rings. The van der Waals surface area contributed by atoms with E-state index in [2.05, 4.69) is 91.5 Å². The number of aryl methyl sites for hydroxylation is 1. The van der Waals surface area contributed by atoms with Gasteiger partial charge in [-0.15, -0.1) is 0 Å². The van der Waals surface area contributed by atoms with Crippen molar-refractivity contribution in [3.05, 3.63) is 148 Å². The Kier molecular flexibility index (Phi) is 5.91. The van der Waals surface area contributed by atoms with Crippen molar-refractivity contribution in [2.75, 3.05) is 4.90 Å². The highest BCUT2D eigenvalue weighted by atomic mass is 16.1. The summed E-state index contributed by atoms with van der Waals surface area (Å²) in [4.78, 5) is 15.9. The minimum Gasteiger partial charge on any atom is -0.310 e. The number of anilines is 3. The normalized spacial score (nSPS) is 15.5. The van der Waals surface area contributed by atoms with Crippen molar-refractivity contribution in [1.29, 1.82) is 10.5 Å². The highest BCUT2D eigenvalue weighted by Crippen LogP contribution is 2.53. The Hall–Kier alpha value is -5.71. The molecule has 4 heteroatoms. The Bertz CT molecular complexity index is 2140. The average Bonchev–Trinajstić information content (AvgIpc) is 3.28. The Morgan fingerprint density at radius 2 is 1.53 bits per heavy atom. The number of Topliss-reactive ketones (excluding diaryl/α,β-unsaturated/α-hetero) is 1. The van der Waals surface area contributed by atoms with E-state index in [9.17, 15) is 15.3 Å². The molecule has 0 bridgehead atoms. The Morgan fingerprint density at radius 1 is 0.791 bits per heavy atom. The van der Waals surface area contributed by atoms with Gasteiger partial charge in [0.1, 0.15) is 17.7 Å². The minimum absolute atomic E-state index is 0.0570. The Labute approximate surface area is 251 Å². The van der Waals surface area contributed by atoms with E-state index in [0.717, 1.165) is 33.3 Å². The lowest BCUT2D eigenvalue weighted by Gasteiger charge is -2.42. The Balaban J connectivity index is 1.42. The summed E-state index contributed by atoms with van der Waals surface area (Å²) in [5.41, 5.74) is 9.33.